The highest BCUT2D eigenvalue weighted by atomic mass is 35.5. The first-order valence-electron chi connectivity index (χ1n) is 4.48. The number of carbonyl (C=O) groups excluding carboxylic acids is 1. The number of aryl methyl sites for hydroxylation is 1. The molecule has 0 fully saturated rings. The van der Waals surface area contributed by atoms with Gasteiger partial charge in [0, 0.05) is 5.56 Å². The van der Waals surface area contributed by atoms with Gasteiger partial charge in [0.2, 0.25) is 0 Å². The van der Waals surface area contributed by atoms with Crippen LogP contribution < -0.4 is 0 Å². The van der Waals surface area contributed by atoms with Crippen molar-refractivity contribution in [3.8, 4) is 11.3 Å². The molecule has 0 bridgehead atoms. The number of hydrogen-bond acceptors (Lipinski definition) is 2. The first-order chi connectivity index (χ1) is 7.22. The number of nitrogens with one attached hydrogen (secondary N) is 1. The highest BCUT2D eigenvalue weighted by Gasteiger charge is 2.11. The van der Waals surface area contributed by atoms with Gasteiger partial charge in [-0.3, -0.25) is 9.89 Å². The molecule has 1 N–H and O–H groups in total. The van der Waals surface area contributed by atoms with Crippen LogP contribution in [0.25, 0.3) is 11.3 Å². The van der Waals surface area contributed by atoms with Crippen molar-refractivity contribution in [3.05, 3.63) is 40.5 Å². The average molecular weight is 221 g/mol. The summed E-state index contributed by atoms with van der Waals surface area (Å²) in [5, 5.41) is 6.95. The molecule has 0 spiro atoms. The lowest BCUT2D eigenvalue weighted by Crippen LogP contribution is -1.79. The van der Waals surface area contributed by atoms with Gasteiger partial charge in [-0.2, -0.15) is 5.10 Å². The summed E-state index contributed by atoms with van der Waals surface area (Å²) in [5.41, 5.74) is 2.99. The van der Waals surface area contributed by atoms with Gasteiger partial charge >= 0.3 is 0 Å². The Hall–Kier alpha value is -1.61. The molecular formula is C11H9ClN2O. The Labute approximate surface area is 92.1 Å². The van der Waals surface area contributed by atoms with Gasteiger partial charge in [-0.1, -0.05) is 41.4 Å². The van der Waals surface area contributed by atoms with Crippen LogP contribution in [0.4, 0.5) is 0 Å². The Kier molecular flexibility index (Phi) is 2.56. The molecule has 0 aliphatic rings. The van der Waals surface area contributed by atoms with Crippen LogP contribution in [-0.2, 0) is 0 Å². The maximum absolute atomic E-state index is 10.6. The fourth-order valence-electron chi connectivity index (χ4n) is 1.32. The first-order valence-corrected chi connectivity index (χ1v) is 4.86. The van der Waals surface area contributed by atoms with Crippen molar-refractivity contribution < 1.29 is 4.79 Å². The van der Waals surface area contributed by atoms with Crippen LogP contribution in [0.2, 0.25) is 5.02 Å². The monoisotopic (exact) mass is 220 g/mol. The summed E-state index contributed by atoms with van der Waals surface area (Å²) < 4.78 is 0. The van der Waals surface area contributed by atoms with E-state index in [1.54, 1.807) is 0 Å². The Morgan fingerprint density at radius 3 is 2.53 bits per heavy atom. The normalized spacial score (nSPS) is 10.3. The van der Waals surface area contributed by atoms with Crippen molar-refractivity contribution >= 4 is 17.9 Å². The molecule has 0 atom stereocenters. The van der Waals surface area contributed by atoms with Gasteiger partial charge in [0.25, 0.3) is 0 Å². The molecule has 0 saturated heterocycles. The molecule has 2 aromatic rings. The van der Waals surface area contributed by atoms with Gasteiger partial charge < -0.3 is 0 Å². The van der Waals surface area contributed by atoms with E-state index in [0.717, 1.165) is 5.56 Å². The number of aromatic amines is 1. The quantitative estimate of drug-likeness (QED) is 0.791. The second-order valence-electron chi connectivity index (χ2n) is 3.28. The molecule has 15 heavy (non-hydrogen) atoms. The van der Waals surface area contributed by atoms with E-state index >= 15 is 0 Å². The predicted octanol–water partition coefficient (Wildman–Crippen LogP) is 2.85. The molecule has 2 rings (SSSR count). The van der Waals surface area contributed by atoms with Crippen molar-refractivity contribution in [1.82, 2.24) is 10.2 Å². The van der Waals surface area contributed by atoms with Crippen molar-refractivity contribution in [2.24, 2.45) is 0 Å². The second kappa shape index (κ2) is 3.87. The molecule has 1 aromatic carbocycles. The van der Waals surface area contributed by atoms with Gasteiger partial charge in [0.1, 0.15) is 11.4 Å². The fraction of sp³-hybridized carbons (Fsp3) is 0.0909. The van der Waals surface area contributed by atoms with Crippen LogP contribution in [0.15, 0.2) is 24.3 Å². The third-order valence-electron chi connectivity index (χ3n) is 2.18. The van der Waals surface area contributed by atoms with Crippen LogP contribution in [0.5, 0.6) is 0 Å². The van der Waals surface area contributed by atoms with E-state index in [-0.39, 0.29) is 0 Å². The number of nitrogens with zero attached hydrogens (tertiary/aromatic N) is 1. The van der Waals surface area contributed by atoms with Gasteiger partial charge in [-0.05, 0) is 6.92 Å². The summed E-state index contributed by atoms with van der Waals surface area (Å²) in [5.74, 6) is 0. The van der Waals surface area contributed by atoms with Crippen molar-refractivity contribution in [2.75, 3.05) is 0 Å². The third kappa shape index (κ3) is 1.78. The lowest BCUT2D eigenvalue weighted by atomic mass is 10.1. The summed E-state index contributed by atoms with van der Waals surface area (Å²) in [6, 6.07) is 7.79. The lowest BCUT2D eigenvalue weighted by Gasteiger charge is -1.97. The molecule has 0 amide bonds. The smallest absolute Gasteiger partial charge is 0.169 e. The zero-order valence-electron chi connectivity index (χ0n) is 8.12. The lowest BCUT2D eigenvalue weighted by molar-refractivity contribution is 0.111. The Balaban J connectivity index is 2.49. The fourth-order valence-corrected chi connectivity index (χ4v) is 1.56. The maximum Gasteiger partial charge on any atom is 0.169 e. The summed E-state index contributed by atoms with van der Waals surface area (Å²) in [4.78, 5) is 10.6. The number of H-pyrrole nitrogens is 1. The number of aromatic nitrogens is 2. The summed E-state index contributed by atoms with van der Waals surface area (Å²) in [6.45, 7) is 2.01. The van der Waals surface area contributed by atoms with Crippen LogP contribution in [0.3, 0.4) is 0 Å². The van der Waals surface area contributed by atoms with Gasteiger partial charge in [-0.15, -0.1) is 0 Å². The minimum atomic E-state index is 0.312. The van der Waals surface area contributed by atoms with Crippen LogP contribution >= 0.6 is 11.6 Å². The standard InChI is InChI=1S/C11H9ClN2O/c1-7-2-4-8(5-3-7)11-10(12)9(6-15)13-14-11/h2-6H,1H3,(H,13,14). The second-order valence-corrected chi connectivity index (χ2v) is 3.66. The van der Waals surface area contributed by atoms with Gasteiger partial charge in [0.15, 0.2) is 6.29 Å². The molecule has 0 saturated carbocycles. The van der Waals surface area contributed by atoms with E-state index in [9.17, 15) is 4.79 Å². The average Bonchev–Trinajstić information content (AvgIpc) is 2.61. The number of halogens is 1. The Morgan fingerprint density at radius 2 is 2.00 bits per heavy atom. The molecule has 0 unspecified atom stereocenters. The molecule has 76 valence electrons. The zero-order valence-corrected chi connectivity index (χ0v) is 8.88. The van der Waals surface area contributed by atoms with Crippen molar-refractivity contribution in [2.45, 2.75) is 6.92 Å². The molecule has 0 aliphatic heterocycles. The summed E-state index contributed by atoms with van der Waals surface area (Å²) in [7, 11) is 0. The van der Waals surface area contributed by atoms with Gasteiger partial charge in [-0.25, -0.2) is 0 Å². The molecular weight excluding hydrogens is 212 g/mol. The van der Waals surface area contributed by atoms with Crippen LogP contribution in [0.1, 0.15) is 16.1 Å². The van der Waals surface area contributed by atoms with Crippen molar-refractivity contribution in [1.29, 1.82) is 0 Å². The number of carbonyl (C=O) groups is 1. The van der Waals surface area contributed by atoms with Gasteiger partial charge in [0.05, 0.1) is 5.02 Å². The first kappa shape index (κ1) is 9.93. The minimum absolute atomic E-state index is 0.312. The van der Waals surface area contributed by atoms with E-state index in [1.165, 1.54) is 5.56 Å². The molecule has 0 aliphatic carbocycles. The largest absolute Gasteiger partial charge is 0.296 e. The minimum Gasteiger partial charge on any atom is -0.296 e. The predicted molar refractivity (Wildman–Crippen MR) is 59.2 cm³/mol. The molecule has 1 aromatic heterocycles. The Bertz CT molecular complexity index is 488. The van der Waals surface area contributed by atoms with E-state index in [2.05, 4.69) is 10.2 Å². The summed E-state index contributed by atoms with van der Waals surface area (Å²) in [6.07, 6.45) is 0.660. The molecule has 3 nitrogen and oxygen atoms in total. The molecule has 1 heterocycles. The number of aldehydes is 1. The zero-order chi connectivity index (χ0) is 10.8. The highest BCUT2D eigenvalue weighted by molar-refractivity contribution is 6.35. The van der Waals surface area contributed by atoms with E-state index in [0.29, 0.717) is 22.7 Å². The Morgan fingerprint density at radius 1 is 1.33 bits per heavy atom. The van der Waals surface area contributed by atoms with E-state index < -0.39 is 0 Å². The summed E-state index contributed by atoms with van der Waals surface area (Å²) >= 11 is 5.97. The SMILES string of the molecule is Cc1ccc(-c2n[nH]c(C=O)c2Cl)cc1. The van der Waals surface area contributed by atoms with E-state index in [1.807, 2.05) is 31.2 Å². The van der Waals surface area contributed by atoms with Crippen molar-refractivity contribution in [3.63, 3.8) is 0 Å². The topological polar surface area (TPSA) is 45.8 Å². The number of rotatable bonds is 2. The maximum atomic E-state index is 10.6. The molecule has 4 heteroatoms. The number of hydrogen-bond donors (Lipinski definition) is 1. The van der Waals surface area contributed by atoms with Crippen LogP contribution in [-0.4, -0.2) is 16.5 Å². The highest BCUT2D eigenvalue weighted by Crippen LogP contribution is 2.27. The third-order valence-corrected chi connectivity index (χ3v) is 2.56. The molecule has 0 radical (unpaired) electrons. The van der Waals surface area contributed by atoms with Crippen LogP contribution in [0, 0.1) is 6.92 Å². The van der Waals surface area contributed by atoms with E-state index in [4.69, 9.17) is 11.6 Å². The number of benzene rings is 1.